The largest absolute Gasteiger partial charge is 0.489 e. The molecule has 0 spiro atoms. The van der Waals surface area contributed by atoms with Gasteiger partial charge in [0.05, 0.1) is 24.2 Å². The van der Waals surface area contributed by atoms with Crippen molar-refractivity contribution in [2.75, 3.05) is 32.5 Å². The Balaban J connectivity index is 2.00. The normalized spacial score (nSPS) is 10.8. The predicted octanol–water partition coefficient (Wildman–Crippen LogP) is 2.30. The monoisotopic (exact) mass is 343 g/mol. The fourth-order valence-corrected chi connectivity index (χ4v) is 2.06. The first-order valence-electron chi connectivity index (χ1n) is 8.23. The van der Waals surface area contributed by atoms with Gasteiger partial charge in [-0.05, 0) is 40.1 Å². The summed E-state index contributed by atoms with van der Waals surface area (Å²) < 4.78 is 5.76. The molecule has 1 aromatic carbocycles. The number of para-hydroxylation sites is 2. The van der Waals surface area contributed by atoms with E-state index in [2.05, 4.69) is 20.6 Å². The van der Waals surface area contributed by atoms with Crippen LogP contribution in [-0.2, 0) is 0 Å². The lowest BCUT2D eigenvalue weighted by molar-refractivity contribution is 0.0945. The zero-order chi connectivity index (χ0) is 18.2. The highest BCUT2D eigenvalue weighted by Crippen LogP contribution is 2.27. The molecule has 0 aliphatic rings. The molecular formula is C18H25N5O2. The van der Waals surface area contributed by atoms with Crippen LogP contribution >= 0.6 is 0 Å². The van der Waals surface area contributed by atoms with Crippen molar-refractivity contribution in [1.29, 1.82) is 0 Å². The van der Waals surface area contributed by atoms with Crippen molar-refractivity contribution in [3.05, 3.63) is 42.4 Å². The molecule has 0 radical (unpaired) electrons. The van der Waals surface area contributed by atoms with Crippen molar-refractivity contribution >= 4 is 17.4 Å². The molecule has 0 aliphatic heterocycles. The number of carbonyl (C=O) groups excluding carboxylic acids is 1. The van der Waals surface area contributed by atoms with E-state index in [1.54, 1.807) is 0 Å². The van der Waals surface area contributed by atoms with Gasteiger partial charge in [-0.1, -0.05) is 12.1 Å². The summed E-state index contributed by atoms with van der Waals surface area (Å²) in [4.78, 5) is 22.4. The van der Waals surface area contributed by atoms with Crippen LogP contribution < -0.4 is 15.4 Å². The van der Waals surface area contributed by atoms with Gasteiger partial charge in [-0.25, -0.2) is 9.97 Å². The molecule has 7 nitrogen and oxygen atoms in total. The highest BCUT2D eigenvalue weighted by atomic mass is 16.5. The third-order valence-electron chi connectivity index (χ3n) is 3.24. The van der Waals surface area contributed by atoms with E-state index in [4.69, 9.17) is 4.74 Å². The number of benzene rings is 1. The van der Waals surface area contributed by atoms with Crippen LogP contribution in [0.2, 0.25) is 0 Å². The molecule has 0 unspecified atom stereocenters. The van der Waals surface area contributed by atoms with Gasteiger partial charge in [-0.15, -0.1) is 0 Å². The summed E-state index contributed by atoms with van der Waals surface area (Å²) >= 11 is 0. The highest BCUT2D eigenvalue weighted by molar-refractivity contribution is 5.92. The second kappa shape index (κ2) is 8.98. The van der Waals surface area contributed by atoms with Gasteiger partial charge in [-0.3, -0.25) is 4.79 Å². The van der Waals surface area contributed by atoms with Crippen LogP contribution in [0.15, 0.2) is 36.7 Å². The first-order chi connectivity index (χ1) is 12.0. The van der Waals surface area contributed by atoms with Gasteiger partial charge in [0.1, 0.15) is 17.3 Å². The molecule has 25 heavy (non-hydrogen) atoms. The zero-order valence-corrected chi connectivity index (χ0v) is 15.1. The quantitative estimate of drug-likeness (QED) is 0.766. The number of amides is 1. The predicted molar refractivity (Wildman–Crippen MR) is 98.4 cm³/mol. The molecule has 1 amide bonds. The molecule has 0 fully saturated rings. The average Bonchev–Trinajstić information content (AvgIpc) is 2.56. The summed E-state index contributed by atoms with van der Waals surface area (Å²) in [6.45, 7) is 5.28. The summed E-state index contributed by atoms with van der Waals surface area (Å²) in [5.41, 5.74) is 1.09. The van der Waals surface area contributed by atoms with Crippen molar-refractivity contribution in [2.24, 2.45) is 0 Å². The third kappa shape index (κ3) is 6.04. The first-order valence-corrected chi connectivity index (χ1v) is 8.23. The smallest absolute Gasteiger partial charge is 0.271 e. The molecule has 1 heterocycles. The van der Waals surface area contributed by atoms with Gasteiger partial charge < -0.3 is 20.3 Å². The Morgan fingerprint density at radius 2 is 1.96 bits per heavy atom. The lowest BCUT2D eigenvalue weighted by atomic mass is 10.3. The van der Waals surface area contributed by atoms with Gasteiger partial charge >= 0.3 is 0 Å². The maximum Gasteiger partial charge on any atom is 0.271 e. The Labute approximate surface area is 148 Å². The van der Waals surface area contributed by atoms with Crippen LogP contribution in [0.5, 0.6) is 5.75 Å². The van der Waals surface area contributed by atoms with Crippen LogP contribution in [0.3, 0.4) is 0 Å². The molecule has 0 saturated heterocycles. The van der Waals surface area contributed by atoms with Crippen molar-refractivity contribution in [1.82, 2.24) is 20.2 Å². The van der Waals surface area contributed by atoms with Crippen LogP contribution in [-0.4, -0.2) is 54.1 Å². The van der Waals surface area contributed by atoms with E-state index in [1.807, 2.05) is 57.1 Å². The summed E-state index contributed by atoms with van der Waals surface area (Å²) in [6.07, 6.45) is 3.06. The minimum Gasteiger partial charge on any atom is -0.489 e. The van der Waals surface area contributed by atoms with E-state index in [-0.39, 0.29) is 17.7 Å². The third-order valence-corrected chi connectivity index (χ3v) is 3.24. The van der Waals surface area contributed by atoms with Crippen LogP contribution in [0.1, 0.15) is 24.3 Å². The van der Waals surface area contributed by atoms with Gasteiger partial charge in [-0.2, -0.15) is 0 Å². The minimum absolute atomic E-state index is 0.0715. The van der Waals surface area contributed by atoms with Gasteiger partial charge in [0.25, 0.3) is 5.91 Å². The number of ether oxygens (including phenoxy) is 1. The number of aromatic nitrogens is 2. The van der Waals surface area contributed by atoms with Gasteiger partial charge in [0, 0.05) is 13.1 Å². The molecule has 1 aromatic heterocycles. The van der Waals surface area contributed by atoms with E-state index >= 15 is 0 Å². The second-order valence-electron chi connectivity index (χ2n) is 6.13. The van der Waals surface area contributed by atoms with Crippen molar-refractivity contribution < 1.29 is 9.53 Å². The van der Waals surface area contributed by atoms with E-state index in [0.29, 0.717) is 12.4 Å². The molecule has 0 saturated carbocycles. The number of rotatable bonds is 8. The SMILES string of the molecule is CC(C)Oc1ccccc1Nc1cnc(C(=O)NCCN(C)C)cn1. The highest BCUT2D eigenvalue weighted by Gasteiger charge is 2.09. The van der Waals surface area contributed by atoms with Gasteiger partial charge in [0.2, 0.25) is 0 Å². The molecule has 0 bridgehead atoms. The summed E-state index contributed by atoms with van der Waals surface area (Å²) in [6, 6.07) is 7.62. The standard InChI is InChI=1S/C18H25N5O2/c1-13(2)25-16-8-6-5-7-14(16)22-17-12-20-15(11-21-17)18(24)19-9-10-23(3)4/h5-8,11-13H,9-10H2,1-4H3,(H,19,24)(H,21,22). The number of nitrogens with zero attached hydrogens (tertiary/aromatic N) is 3. The number of hydrogen-bond donors (Lipinski definition) is 2. The minimum atomic E-state index is -0.232. The van der Waals surface area contributed by atoms with E-state index < -0.39 is 0 Å². The average molecular weight is 343 g/mol. The molecule has 2 N–H and O–H groups in total. The molecule has 134 valence electrons. The fourth-order valence-electron chi connectivity index (χ4n) is 2.06. The number of carbonyl (C=O) groups is 1. The fraction of sp³-hybridized carbons (Fsp3) is 0.389. The maximum absolute atomic E-state index is 12.0. The Morgan fingerprint density at radius 3 is 2.60 bits per heavy atom. The molecule has 2 aromatic rings. The molecule has 2 rings (SSSR count). The van der Waals surface area contributed by atoms with Crippen molar-refractivity contribution in [3.8, 4) is 5.75 Å². The van der Waals surface area contributed by atoms with Crippen LogP contribution in [0.4, 0.5) is 11.5 Å². The zero-order valence-electron chi connectivity index (χ0n) is 15.1. The molecule has 7 heteroatoms. The van der Waals surface area contributed by atoms with E-state index in [0.717, 1.165) is 18.0 Å². The lowest BCUT2D eigenvalue weighted by Crippen LogP contribution is -2.31. The Bertz CT molecular complexity index is 686. The maximum atomic E-state index is 12.0. The summed E-state index contributed by atoms with van der Waals surface area (Å²) in [5.74, 6) is 1.05. The molecule has 0 aliphatic carbocycles. The van der Waals surface area contributed by atoms with Crippen LogP contribution in [0, 0.1) is 0 Å². The van der Waals surface area contributed by atoms with E-state index in [1.165, 1.54) is 12.4 Å². The number of hydrogen-bond acceptors (Lipinski definition) is 6. The lowest BCUT2D eigenvalue weighted by Gasteiger charge is -2.15. The van der Waals surface area contributed by atoms with Gasteiger partial charge in [0.15, 0.2) is 0 Å². The Morgan fingerprint density at radius 1 is 1.20 bits per heavy atom. The summed E-state index contributed by atoms with van der Waals surface area (Å²) in [5, 5.41) is 5.97. The van der Waals surface area contributed by atoms with E-state index in [9.17, 15) is 4.79 Å². The Kier molecular flexibility index (Phi) is 6.71. The molecular weight excluding hydrogens is 318 g/mol. The van der Waals surface area contributed by atoms with Crippen molar-refractivity contribution in [3.63, 3.8) is 0 Å². The number of nitrogens with one attached hydrogen (secondary N) is 2. The Hall–Kier alpha value is -2.67. The number of anilines is 2. The first kappa shape index (κ1) is 18.7. The van der Waals surface area contributed by atoms with Crippen LogP contribution in [0.25, 0.3) is 0 Å². The second-order valence-corrected chi connectivity index (χ2v) is 6.13. The number of likely N-dealkylation sites (N-methyl/N-ethyl adjacent to an activating group) is 1. The topological polar surface area (TPSA) is 79.4 Å². The molecule has 0 atom stereocenters. The van der Waals surface area contributed by atoms with Crippen molar-refractivity contribution in [2.45, 2.75) is 20.0 Å². The summed E-state index contributed by atoms with van der Waals surface area (Å²) in [7, 11) is 3.90.